The Labute approximate surface area is 176 Å². The van der Waals surface area contributed by atoms with Gasteiger partial charge in [-0.05, 0) is 35.7 Å². The monoisotopic (exact) mass is 419 g/mol. The molecular formula is C22H17N3O4S. The van der Waals surface area contributed by atoms with Crippen molar-refractivity contribution in [3.63, 3.8) is 0 Å². The highest BCUT2D eigenvalue weighted by molar-refractivity contribution is 7.12. The fourth-order valence-corrected chi connectivity index (χ4v) is 4.14. The number of carbonyl (C=O) groups is 2. The van der Waals surface area contributed by atoms with Crippen molar-refractivity contribution in [3.8, 4) is 11.5 Å². The van der Waals surface area contributed by atoms with Crippen LogP contribution in [0.5, 0.6) is 11.5 Å². The summed E-state index contributed by atoms with van der Waals surface area (Å²) in [6, 6.07) is 16.4. The summed E-state index contributed by atoms with van der Waals surface area (Å²) in [6.07, 6.45) is 0.131. The van der Waals surface area contributed by atoms with Gasteiger partial charge in [0.25, 0.3) is 0 Å². The summed E-state index contributed by atoms with van der Waals surface area (Å²) in [5.74, 6) is 0.741. The first kappa shape index (κ1) is 18.4. The van der Waals surface area contributed by atoms with Crippen molar-refractivity contribution >= 4 is 45.9 Å². The van der Waals surface area contributed by atoms with E-state index in [2.05, 4.69) is 5.32 Å². The minimum absolute atomic E-state index is 0.114. The van der Waals surface area contributed by atoms with Gasteiger partial charge in [0.2, 0.25) is 18.6 Å². The quantitative estimate of drug-likeness (QED) is 0.694. The van der Waals surface area contributed by atoms with Crippen molar-refractivity contribution in [2.45, 2.75) is 6.42 Å². The molecule has 2 aromatic carbocycles. The standard InChI is InChI=1S/C22H17N3O4S/c26-21(23-14-7-8-18-19(10-14)29-13-28-18)12-25-17-5-2-1-4-15(17)24-16(11-22(25)27)20-6-3-9-30-20/h1-10H,11-13H2,(H,23,26). The minimum Gasteiger partial charge on any atom is -0.454 e. The summed E-state index contributed by atoms with van der Waals surface area (Å²) in [5.41, 5.74) is 2.58. The second-order valence-electron chi connectivity index (χ2n) is 6.80. The van der Waals surface area contributed by atoms with Crippen molar-refractivity contribution in [2.75, 3.05) is 23.6 Å². The van der Waals surface area contributed by atoms with Gasteiger partial charge in [0.15, 0.2) is 11.5 Å². The van der Waals surface area contributed by atoms with E-state index in [4.69, 9.17) is 14.5 Å². The first-order valence-corrected chi connectivity index (χ1v) is 10.3. The summed E-state index contributed by atoms with van der Waals surface area (Å²) in [4.78, 5) is 33.0. The zero-order valence-electron chi connectivity index (χ0n) is 15.8. The minimum atomic E-state index is -0.309. The Hall–Kier alpha value is -3.65. The molecule has 5 rings (SSSR count). The number of fused-ring (bicyclic) bond motifs is 2. The van der Waals surface area contributed by atoms with Crippen LogP contribution in [-0.2, 0) is 9.59 Å². The summed E-state index contributed by atoms with van der Waals surface area (Å²) >= 11 is 1.54. The van der Waals surface area contributed by atoms with Crippen LogP contribution >= 0.6 is 11.3 Å². The maximum atomic E-state index is 13.1. The molecule has 3 heterocycles. The van der Waals surface area contributed by atoms with Crippen LogP contribution in [0, 0.1) is 0 Å². The van der Waals surface area contributed by atoms with Crippen molar-refractivity contribution < 1.29 is 19.1 Å². The van der Waals surface area contributed by atoms with E-state index in [1.165, 1.54) is 16.2 Å². The Bertz CT molecular complexity index is 1160. The molecule has 0 fully saturated rings. The summed E-state index contributed by atoms with van der Waals surface area (Å²) in [5, 5.41) is 4.78. The molecule has 0 atom stereocenters. The first-order chi connectivity index (χ1) is 14.7. The summed E-state index contributed by atoms with van der Waals surface area (Å²) in [7, 11) is 0. The SMILES string of the molecule is O=C(CN1C(=O)CC(c2cccs2)=Nc2ccccc21)Nc1ccc2c(c1)OCO2. The average molecular weight is 419 g/mol. The Kier molecular flexibility index (Phi) is 4.68. The number of para-hydroxylation sites is 2. The van der Waals surface area contributed by atoms with Gasteiger partial charge >= 0.3 is 0 Å². The molecule has 2 aliphatic heterocycles. The van der Waals surface area contributed by atoms with Gasteiger partial charge in [0.05, 0.1) is 23.5 Å². The number of aliphatic imine (C=N–C) groups is 1. The van der Waals surface area contributed by atoms with Crippen molar-refractivity contribution in [1.29, 1.82) is 0 Å². The molecule has 1 aromatic heterocycles. The average Bonchev–Trinajstić information content (AvgIpc) is 3.41. The number of rotatable bonds is 4. The van der Waals surface area contributed by atoms with Gasteiger partial charge in [-0.25, -0.2) is 4.99 Å². The summed E-state index contributed by atoms with van der Waals surface area (Å²) in [6.45, 7) is 0.0515. The lowest BCUT2D eigenvalue weighted by molar-refractivity contribution is -0.120. The number of amides is 2. The molecule has 2 aliphatic rings. The highest BCUT2D eigenvalue weighted by atomic mass is 32.1. The lowest BCUT2D eigenvalue weighted by atomic mass is 10.2. The van der Waals surface area contributed by atoms with Crippen LogP contribution in [0.15, 0.2) is 65.0 Å². The Balaban J connectivity index is 1.38. The number of nitrogens with zero attached hydrogens (tertiary/aromatic N) is 2. The number of carbonyl (C=O) groups excluding carboxylic acids is 2. The molecule has 30 heavy (non-hydrogen) atoms. The van der Waals surface area contributed by atoms with Gasteiger partial charge in [-0.2, -0.15) is 0 Å². The second-order valence-corrected chi connectivity index (χ2v) is 7.75. The van der Waals surface area contributed by atoms with Crippen LogP contribution in [0.3, 0.4) is 0 Å². The summed E-state index contributed by atoms with van der Waals surface area (Å²) < 4.78 is 10.6. The van der Waals surface area contributed by atoms with E-state index in [0.29, 0.717) is 34.3 Å². The molecule has 2 amide bonds. The third-order valence-electron chi connectivity index (χ3n) is 4.81. The molecule has 1 N–H and O–H groups in total. The molecule has 7 nitrogen and oxygen atoms in total. The number of hydrogen-bond donors (Lipinski definition) is 1. The van der Waals surface area contributed by atoms with E-state index >= 15 is 0 Å². The number of benzene rings is 2. The number of thiophene rings is 1. The number of anilines is 2. The van der Waals surface area contributed by atoms with Crippen LogP contribution in [0.2, 0.25) is 0 Å². The van der Waals surface area contributed by atoms with E-state index in [0.717, 1.165) is 4.88 Å². The lowest BCUT2D eigenvalue weighted by Crippen LogP contribution is -2.38. The van der Waals surface area contributed by atoms with E-state index in [9.17, 15) is 9.59 Å². The molecule has 0 bridgehead atoms. The fourth-order valence-electron chi connectivity index (χ4n) is 3.42. The molecule has 0 unspecified atom stereocenters. The van der Waals surface area contributed by atoms with Crippen molar-refractivity contribution in [2.24, 2.45) is 4.99 Å². The number of nitrogens with one attached hydrogen (secondary N) is 1. The molecule has 150 valence electrons. The fraction of sp³-hybridized carbons (Fsp3) is 0.136. The predicted molar refractivity (Wildman–Crippen MR) is 115 cm³/mol. The van der Waals surface area contributed by atoms with Crippen molar-refractivity contribution in [3.05, 3.63) is 64.9 Å². The van der Waals surface area contributed by atoms with E-state index < -0.39 is 0 Å². The van der Waals surface area contributed by atoms with Gasteiger partial charge in [0, 0.05) is 16.6 Å². The van der Waals surface area contributed by atoms with Gasteiger partial charge in [0.1, 0.15) is 6.54 Å². The van der Waals surface area contributed by atoms with E-state index in [1.807, 2.05) is 41.8 Å². The highest BCUT2D eigenvalue weighted by Gasteiger charge is 2.27. The smallest absolute Gasteiger partial charge is 0.244 e. The molecule has 8 heteroatoms. The third kappa shape index (κ3) is 3.53. The molecule has 0 saturated heterocycles. The Morgan fingerprint density at radius 3 is 2.83 bits per heavy atom. The lowest BCUT2D eigenvalue weighted by Gasteiger charge is -2.22. The van der Waals surface area contributed by atoms with Crippen LogP contribution < -0.4 is 19.7 Å². The maximum absolute atomic E-state index is 13.1. The normalized spacial score (nSPS) is 14.7. The zero-order chi connectivity index (χ0) is 20.5. The van der Waals surface area contributed by atoms with Crippen molar-refractivity contribution in [1.82, 2.24) is 0 Å². The van der Waals surface area contributed by atoms with Gasteiger partial charge in [-0.15, -0.1) is 11.3 Å². The van der Waals surface area contributed by atoms with E-state index in [1.54, 1.807) is 18.2 Å². The Morgan fingerprint density at radius 1 is 1.10 bits per heavy atom. The van der Waals surface area contributed by atoms with E-state index in [-0.39, 0.29) is 31.6 Å². The van der Waals surface area contributed by atoms with Gasteiger partial charge in [-0.1, -0.05) is 18.2 Å². The van der Waals surface area contributed by atoms with Crippen LogP contribution in [-0.4, -0.2) is 30.9 Å². The third-order valence-corrected chi connectivity index (χ3v) is 5.73. The molecular weight excluding hydrogens is 402 g/mol. The second kappa shape index (κ2) is 7.64. The van der Waals surface area contributed by atoms with Gasteiger partial charge in [-0.3, -0.25) is 9.59 Å². The predicted octanol–water partition coefficient (Wildman–Crippen LogP) is 3.97. The molecule has 0 radical (unpaired) electrons. The number of hydrogen-bond acceptors (Lipinski definition) is 6. The Morgan fingerprint density at radius 2 is 1.97 bits per heavy atom. The van der Waals surface area contributed by atoms with Crippen LogP contribution in [0.4, 0.5) is 17.1 Å². The van der Waals surface area contributed by atoms with Gasteiger partial charge < -0.3 is 19.7 Å². The van der Waals surface area contributed by atoms with Crippen LogP contribution in [0.25, 0.3) is 0 Å². The maximum Gasteiger partial charge on any atom is 0.244 e. The molecule has 0 saturated carbocycles. The molecule has 0 aliphatic carbocycles. The number of ether oxygens (including phenoxy) is 2. The first-order valence-electron chi connectivity index (χ1n) is 9.38. The zero-order valence-corrected chi connectivity index (χ0v) is 16.6. The molecule has 3 aromatic rings. The van der Waals surface area contributed by atoms with Crippen LogP contribution in [0.1, 0.15) is 11.3 Å². The topological polar surface area (TPSA) is 80.2 Å². The highest BCUT2D eigenvalue weighted by Crippen LogP contribution is 2.35. The largest absolute Gasteiger partial charge is 0.454 e. The molecule has 0 spiro atoms.